The highest BCUT2D eigenvalue weighted by Crippen LogP contribution is 2.31. The van der Waals surface area contributed by atoms with Gasteiger partial charge < -0.3 is 29.5 Å². The zero-order valence-corrected chi connectivity index (χ0v) is 22.6. The Morgan fingerprint density at radius 2 is 1.76 bits per heavy atom. The number of fused-ring (bicyclic) bond motifs is 2. The van der Waals surface area contributed by atoms with Crippen LogP contribution in [0.4, 0.5) is 0 Å². The summed E-state index contributed by atoms with van der Waals surface area (Å²) < 4.78 is 12.4. The first-order valence-electron chi connectivity index (χ1n) is 14.0. The number of ether oxygens (including phenoxy) is 2. The van der Waals surface area contributed by atoms with Crippen LogP contribution in [0.25, 0.3) is 0 Å². The third-order valence-corrected chi connectivity index (χ3v) is 7.75. The number of aliphatic hydroxyl groups excluding tert-OH is 2. The number of β-amino-alcohol motifs (C(OH)–C–C–N with tert-alkyl or cyclic N) is 2. The number of rotatable bonds is 8. The van der Waals surface area contributed by atoms with Crippen LogP contribution in [-0.4, -0.2) is 101 Å². The minimum Gasteiger partial charge on any atom is -0.490 e. The molecular formula is C30H41N3O5. The van der Waals surface area contributed by atoms with E-state index in [4.69, 9.17) is 9.47 Å². The highest BCUT2D eigenvalue weighted by Gasteiger charge is 2.30. The molecule has 1 amide bonds. The molecule has 38 heavy (non-hydrogen) atoms. The van der Waals surface area contributed by atoms with Crippen molar-refractivity contribution in [2.45, 2.75) is 64.1 Å². The maximum Gasteiger partial charge on any atom is 0.257 e. The smallest absolute Gasteiger partial charge is 0.257 e. The van der Waals surface area contributed by atoms with Crippen LogP contribution in [0, 0.1) is 0 Å². The largest absolute Gasteiger partial charge is 0.490 e. The molecule has 0 saturated carbocycles. The molecule has 3 heterocycles. The van der Waals surface area contributed by atoms with E-state index in [0.29, 0.717) is 36.7 Å². The highest BCUT2D eigenvalue weighted by molar-refractivity contribution is 5.97. The van der Waals surface area contributed by atoms with E-state index in [9.17, 15) is 15.0 Å². The van der Waals surface area contributed by atoms with Gasteiger partial charge in [-0.15, -0.1) is 0 Å². The summed E-state index contributed by atoms with van der Waals surface area (Å²) in [6, 6.07) is 13.9. The average Bonchev–Trinajstić information content (AvgIpc) is 2.99. The third kappa shape index (κ3) is 6.67. The lowest BCUT2D eigenvalue weighted by Gasteiger charge is -2.32. The number of amides is 1. The Hall–Kier alpha value is -2.65. The topological polar surface area (TPSA) is 85.7 Å². The van der Waals surface area contributed by atoms with E-state index in [1.807, 2.05) is 26.0 Å². The SMILES string of the molecule is CC(O)CN1CCC(Oc2ccc3c(c2)O[C@H](C)CN(CC(O)CN2CCc4ccccc4C2)C3=O)CC1. The van der Waals surface area contributed by atoms with Gasteiger partial charge >= 0.3 is 0 Å². The van der Waals surface area contributed by atoms with E-state index < -0.39 is 6.10 Å². The first kappa shape index (κ1) is 26.9. The molecule has 0 aromatic heterocycles. The van der Waals surface area contributed by atoms with E-state index in [1.54, 1.807) is 11.0 Å². The van der Waals surface area contributed by atoms with Gasteiger partial charge in [0.05, 0.1) is 24.3 Å². The van der Waals surface area contributed by atoms with E-state index in [-0.39, 0.29) is 30.8 Å². The number of piperidine rings is 1. The number of carbonyl (C=O) groups is 1. The maximum absolute atomic E-state index is 13.5. The van der Waals surface area contributed by atoms with Gasteiger partial charge in [-0.05, 0) is 56.4 Å². The summed E-state index contributed by atoms with van der Waals surface area (Å²) in [4.78, 5) is 19.7. The van der Waals surface area contributed by atoms with Gasteiger partial charge in [0.25, 0.3) is 5.91 Å². The van der Waals surface area contributed by atoms with Gasteiger partial charge in [0.15, 0.2) is 0 Å². The second kappa shape index (κ2) is 12.0. The standard InChI is InChI=1S/C30H41N3O5/c1-21(34)16-31-13-10-26(11-14-31)38-27-7-8-28-29(15-27)37-22(2)17-33(30(28)36)20-25(35)19-32-12-9-23-5-3-4-6-24(23)18-32/h3-8,15,21-22,25-26,34-35H,9-14,16-20H2,1-2H3/t21?,22-,25?/m1/s1. The molecule has 3 atom stereocenters. The molecule has 3 aliphatic heterocycles. The summed E-state index contributed by atoms with van der Waals surface area (Å²) in [7, 11) is 0. The summed E-state index contributed by atoms with van der Waals surface area (Å²) in [6.07, 6.45) is 1.72. The van der Waals surface area contributed by atoms with Gasteiger partial charge in [0, 0.05) is 51.9 Å². The highest BCUT2D eigenvalue weighted by atomic mass is 16.5. The number of benzene rings is 2. The lowest BCUT2D eigenvalue weighted by Crippen LogP contribution is -2.45. The van der Waals surface area contributed by atoms with Crippen molar-refractivity contribution in [1.29, 1.82) is 0 Å². The predicted molar refractivity (Wildman–Crippen MR) is 146 cm³/mol. The quantitative estimate of drug-likeness (QED) is 0.550. The Morgan fingerprint density at radius 1 is 1.00 bits per heavy atom. The van der Waals surface area contributed by atoms with Crippen LogP contribution in [0.1, 0.15) is 48.2 Å². The molecule has 2 aromatic rings. The van der Waals surface area contributed by atoms with Crippen molar-refractivity contribution in [3.63, 3.8) is 0 Å². The van der Waals surface area contributed by atoms with Crippen LogP contribution in [0.2, 0.25) is 0 Å². The average molecular weight is 524 g/mol. The Balaban J connectivity index is 1.18. The molecule has 2 N–H and O–H groups in total. The molecule has 8 heteroatoms. The zero-order chi connectivity index (χ0) is 26.6. The van der Waals surface area contributed by atoms with Gasteiger partial charge in [-0.1, -0.05) is 24.3 Å². The van der Waals surface area contributed by atoms with Gasteiger partial charge in [-0.25, -0.2) is 0 Å². The number of hydrogen-bond donors (Lipinski definition) is 2. The minimum atomic E-state index is -0.639. The van der Waals surface area contributed by atoms with Crippen LogP contribution in [0.15, 0.2) is 42.5 Å². The fourth-order valence-corrected chi connectivity index (χ4v) is 5.92. The lowest BCUT2D eigenvalue weighted by atomic mass is 10.00. The Morgan fingerprint density at radius 3 is 2.53 bits per heavy atom. The van der Waals surface area contributed by atoms with E-state index in [0.717, 1.165) is 45.4 Å². The van der Waals surface area contributed by atoms with Crippen molar-refractivity contribution in [3.05, 3.63) is 59.2 Å². The number of likely N-dealkylation sites (tertiary alicyclic amines) is 1. The van der Waals surface area contributed by atoms with E-state index in [1.165, 1.54) is 11.1 Å². The molecule has 5 rings (SSSR count). The molecule has 1 fully saturated rings. The van der Waals surface area contributed by atoms with Crippen molar-refractivity contribution in [3.8, 4) is 11.5 Å². The molecular weight excluding hydrogens is 482 g/mol. The normalized spacial score (nSPS) is 22.7. The van der Waals surface area contributed by atoms with Gasteiger partial charge in [-0.2, -0.15) is 0 Å². The molecule has 2 aromatic carbocycles. The summed E-state index contributed by atoms with van der Waals surface area (Å²) in [6.45, 7) is 9.21. The molecule has 0 aliphatic carbocycles. The maximum atomic E-state index is 13.5. The Bertz CT molecular complexity index is 1100. The van der Waals surface area contributed by atoms with Crippen molar-refractivity contribution < 1.29 is 24.5 Å². The fourth-order valence-electron chi connectivity index (χ4n) is 5.92. The Labute approximate surface area is 225 Å². The fraction of sp³-hybridized carbons (Fsp3) is 0.567. The first-order chi connectivity index (χ1) is 18.3. The van der Waals surface area contributed by atoms with Gasteiger partial charge in [-0.3, -0.25) is 9.69 Å². The van der Waals surface area contributed by atoms with Crippen LogP contribution in [0.3, 0.4) is 0 Å². The van der Waals surface area contributed by atoms with Crippen molar-refractivity contribution in [2.24, 2.45) is 0 Å². The van der Waals surface area contributed by atoms with Crippen molar-refractivity contribution in [1.82, 2.24) is 14.7 Å². The van der Waals surface area contributed by atoms with E-state index >= 15 is 0 Å². The van der Waals surface area contributed by atoms with Gasteiger partial charge in [0.1, 0.15) is 23.7 Å². The van der Waals surface area contributed by atoms with Gasteiger partial charge in [0.2, 0.25) is 0 Å². The first-order valence-corrected chi connectivity index (χ1v) is 14.0. The monoisotopic (exact) mass is 523 g/mol. The van der Waals surface area contributed by atoms with E-state index in [2.05, 4.69) is 34.1 Å². The third-order valence-electron chi connectivity index (χ3n) is 7.75. The molecule has 2 unspecified atom stereocenters. The second-order valence-electron chi connectivity index (χ2n) is 11.2. The predicted octanol–water partition coefficient (Wildman–Crippen LogP) is 2.55. The number of carbonyl (C=O) groups excluding carboxylic acids is 1. The van der Waals surface area contributed by atoms with Crippen molar-refractivity contribution in [2.75, 3.05) is 45.8 Å². The van der Waals surface area contributed by atoms with Crippen LogP contribution >= 0.6 is 0 Å². The number of aliphatic hydroxyl groups is 2. The number of hydrogen-bond acceptors (Lipinski definition) is 7. The molecule has 0 spiro atoms. The van der Waals surface area contributed by atoms with Crippen molar-refractivity contribution >= 4 is 5.91 Å². The molecule has 0 radical (unpaired) electrons. The minimum absolute atomic E-state index is 0.102. The van der Waals surface area contributed by atoms with Crippen LogP contribution in [-0.2, 0) is 13.0 Å². The molecule has 0 bridgehead atoms. The molecule has 1 saturated heterocycles. The Kier molecular flexibility index (Phi) is 8.53. The second-order valence-corrected chi connectivity index (χ2v) is 11.2. The molecule has 206 valence electrons. The lowest BCUT2D eigenvalue weighted by molar-refractivity contribution is 0.0454. The summed E-state index contributed by atoms with van der Waals surface area (Å²) in [5.41, 5.74) is 3.21. The van der Waals surface area contributed by atoms with Crippen LogP contribution in [0.5, 0.6) is 11.5 Å². The zero-order valence-electron chi connectivity index (χ0n) is 22.6. The summed E-state index contributed by atoms with van der Waals surface area (Å²) >= 11 is 0. The summed E-state index contributed by atoms with van der Waals surface area (Å²) in [5.74, 6) is 1.12. The number of nitrogens with zero attached hydrogens (tertiary/aromatic N) is 3. The molecule has 3 aliphatic rings. The summed E-state index contributed by atoms with van der Waals surface area (Å²) in [5, 5.41) is 20.5. The van der Waals surface area contributed by atoms with Crippen LogP contribution < -0.4 is 9.47 Å². The molecule has 8 nitrogen and oxygen atoms in total.